The number of hydrogen-bond acceptors (Lipinski definition) is 0. The van der Waals surface area contributed by atoms with Gasteiger partial charge in [0.05, 0.1) is 0 Å². The van der Waals surface area contributed by atoms with Crippen LogP contribution in [0.2, 0.25) is 0 Å². The molecule has 65 heavy (non-hydrogen) atoms. The summed E-state index contributed by atoms with van der Waals surface area (Å²) in [6, 6.07) is 102. The van der Waals surface area contributed by atoms with Gasteiger partial charge in [0.2, 0.25) is 0 Å². The molecule has 0 spiro atoms. The van der Waals surface area contributed by atoms with Crippen LogP contribution in [0.4, 0.5) is 0 Å². The first kappa shape index (κ1) is 40.4. The molecule has 0 unspecified atom stereocenters. The molecule has 2 heteroatoms. The molecule has 0 aromatic heterocycles. The molecule has 0 atom stereocenters. The van der Waals surface area contributed by atoms with E-state index in [0.29, 0.717) is 0 Å². The van der Waals surface area contributed by atoms with Gasteiger partial charge in [-0.15, -0.1) is 20.1 Å². The topological polar surface area (TPSA) is 0 Å². The number of benzene rings is 11. The molecule has 0 aliphatic rings. The van der Waals surface area contributed by atoms with Gasteiger partial charge >= 0.3 is 0 Å². The van der Waals surface area contributed by atoms with E-state index in [0.717, 1.165) is 0 Å². The molecule has 0 amide bonds. The van der Waals surface area contributed by atoms with Gasteiger partial charge in [0.15, 0.2) is 0 Å². The van der Waals surface area contributed by atoms with Crippen LogP contribution in [0.5, 0.6) is 0 Å². The third-order valence-corrected chi connectivity index (χ3v) is 20.6. The Balaban J connectivity index is 1.09. The SMILES string of the molecule is Cc1ccc(S(c2ccccc2)(c2ccccc2)c2ccc(-c3c4ccccc4c(-c4ccc(S(c5ccccc5)(c5ccccc5)c5ccccc5)cc4)c4ccccc34)cc2)cc1. The number of fused-ring (bicyclic) bond motifs is 2. The van der Waals surface area contributed by atoms with E-state index in [-0.39, 0.29) is 0 Å². The van der Waals surface area contributed by atoms with Gasteiger partial charge in [0, 0.05) is 39.2 Å². The normalized spacial score (nSPS) is 12.3. The summed E-state index contributed by atoms with van der Waals surface area (Å²) in [5, 5.41) is 5.00. The fourth-order valence-electron chi connectivity index (χ4n) is 9.90. The molecule has 0 bridgehead atoms. The van der Waals surface area contributed by atoms with Gasteiger partial charge in [-0.25, -0.2) is 0 Å². The van der Waals surface area contributed by atoms with Crippen LogP contribution in [-0.4, -0.2) is 0 Å². The van der Waals surface area contributed by atoms with E-state index in [2.05, 4.69) is 280 Å². The predicted molar refractivity (Wildman–Crippen MR) is 277 cm³/mol. The number of hydrogen-bond donors (Lipinski definition) is 0. The van der Waals surface area contributed by atoms with Crippen molar-refractivity contribution in [1.29, 1.82) is 0 Å². The van der Waals surface area contributed by atoms with E-state index in [1.54, 1.807) is 0 Å². The zero-order chi connectivity index (χ0) is 43.6. The standard InChI is InChI=1S/C63H48S2/c1-47-35-41-55(42-36-47)65(53-27-13-5-14-28-53,54-29-15-6-16-30-54)57-45-39-49(40-46-57)63-60-33-19-17-31-58(60)62(59-32-18-20-34-61(59)63)48-37-43-56(44-38-48)64(50-21-7-2-8-22-50,51-23-9-3-10-24-51)52-25-11-4-12-26-52/h2-46H,1H3. The Kier molecular flexibility index (Phi) is 10.8. The molecular formula is C63H48S2. The van der Waals surface area contributed by atoms with Gasteiger partial charge in [0.1, 0.15) is 0 Å². The first-order valence-electron chi connectivity index (χ1n) is 22.3. The van der Waals surface area contributed by atoms with Gasteiger partial charge in [-0.1, -0.05) is 181 Å². The second-order valence-electron chi connectivity index (χ2n) is 16.5. The van der Waals surface area contributed by atoms with Gasteiger partial charge < -0.3 is 0 Å². The Labute approximate surface area is 386 Å². The molecule has 0 aliphatic carbocycles. The van der Waals surface area contributed by atoms with E-state index in [1.165, 1.54) is 88.5 Å². The lowest BCUT2D eigenvalue weighted by Crippen LogP contribution is -2.05. The highest BCUT2D eigenvalue weighted by molar-refractivity contribution is 8.34. The lowest BCUT2D eigenvalue weighted by Gasteiger charge is -2.42. The zero-order valence-electron chi connectivity index (χ0n) is 36.3. The lowest BCUT2D eigenvalue weighted by molar-refractivity contribution is 1.23. The fourth-order valence-corrected chi connectivity index (χ4v) is 17.6. The monoisotopic (exact) mass is 868 g/mol. The predicted octanol–water partition coefficient (Wildman–Crippen LogP) is 18.3. The quantitative estimate of drug-likeness (QED) is 0.120. The molecule has 11 aromatic rings. The summed E-state index contributed by atoms with van der Waals surface area (Å²) in [4.78, 5) is 10.6. The van der Waals surface area contributed by atoms with Crippen molar-refractivity contribution in [1.82, 2.24) is 0 Å². The lowest BCUT2D eigenvalue weighted by atomic mass is 9.86. The smallest absolute Gasteiger partial charge is 0.00233 e. The van der Waals surface area contributed by atoms with E-state index in [9.17, 15) is 0 Å². The minimum Gasteiger partial charge on any atom is -0.133 e. The van der Waals surface area contributed by atoms with Crippen molar-refractivity contribution in [3.8, 4) is 22.3 Å². The maximum absolute atomic E-state index is 2.40. The van der Waals surface area contributed by atoms with Crippen molar-refractivity contribution in [3.63, 3.8) is 0 Å². The van der Waals surface area contributed by atoms with Crippen molar-refractivity contribution in [2.75, 3.05) is 0 Å². The maximum Gasteiger partial charge on any atom is 0.00233 e. The van der Waals surface area contributed by atoms with Crippen molar-refractivity contribution in [3.05, 3.63) is 279 Å². The molecule has 312 valence electrons. The molecule has 0 aliphatic heterocycles. The van der Waals surface area contributed by atoms with Crippen LogP contribution in [0.1, 0.15) is 5.56 Å². The van der Waals surface area contributed by atoms with Crippen LogP contribution in [0.25, 0.3) is 43.8 Å². The highest BCUT2D eigenvalue weighted by Gasteiger charge is 2.35. The molecule has 0 fully saturated rings. The third kappa shape index (κ3) is 6.89. The largest absolute Gasteiger partial charge is 0.133 e. The second kappa shape index (κ2) is 17.3. The summed E-state index contributed by atoms with van der Waals surface area (Å²) in [5.41, 5.74) is 6.21. The minimum atomic E-state index is -1.82. The van der Waals surface area contributed by atoms with Crippen LogP contribution >= 0.6 is 20.1 Å². The Morgan fingerprint density at radius 3 is 0.646 bits per heavy atom. The second-order valence-corrected chi connectivity index (χ2v) is 22.7. The fraction of sp³-hybridized carbons (Fsp3) is 0.0159. The van der Waals surface area contributed by atoms with Crippen molar-refractivity contribution in [2.45, 2.75) is 46.1 Å². The van der Waals surface area contributed by atoms with Crippen LogP contribution < -0.4 is 0 Å². The summed E-state index contributed by atoms with van der Waals surface area (Å²) in [5.74, 6) is 0. The molecule has 11 aromatic carbocycles. The third-order valence-electron chi connectivity index (χ3n) is 12.8. The molecule has 11 rings (SSSR count). The molecule has 0 radical (unpaired) electrons. The Bertz CT molecular complexity index is 3180. The van der Waals surface area contributed by atoms with Gasteiger partial charge in [-0.05, 0) is 148 Å². The molecule has 0 heterocycles. The van der Waals surface area contributed by atoms with Crippen LogP contribution in [-0.2, 0) is 0 Å². The van der Waals surface area contributed by atoms with E-state index >= 15 is 0 Å². The average molecular weight is 869 g/mol. The Morgan fingerprint density at radius 1 is 0.200 bits per heavy atom. The molecule has 0 N–H and O–H groups in total. The molecule has 0 saturated heterocycles. The summed E-state index contributed by atoms with van der Waals surface area (Å²) in [6.45, 7) is 2.17. The molecule has 0 saturated carbocycles. The van der Waals surface area contributed by atoms with Crippen molar-refractivity contribution < 1.29 is 0 Å². The average Bonchev–Trinajstić information content (AvgIpc) is 3.39. The first-order chi connectivity index (χ1) is 32.2. The van der Waals surface area contributed by atoms with Gasteiger partial charge in [-0.3, -0.25) is 0 Å². The van der Waals surface area contributed by atoms with Crippen molar-refractivity contribution >= 4 is 41.6 Å². The molecular weight excluding hydrogens is 821 g/mol. The maximum atomic E-state index is 2.40. The Hall–Kier alpha value is -7.36. The summed E-state index contributed by atoms with van der Waals surface area (Å²) in [7, 11) is -3.63. The summed E-state index contributed by atoms with van der Waals surface area (Å²) < 4.78 is 0. The summed E-state index contributed by atoms with van der Waals surface area (Å²) in [6.07, 6.45) is 0. The number of rotatable bonds is 10. The van der Waals surface area contributed by atoms with Crippen LogP contribution in [0, 0.1) is 6.92 Å². The van der Waals surface area contributed by atoms with E-state index < -0.39 is 20.1 Å². The van der Waals surface area contributed by atoms with E-state index in [4.69, 9.17) is 0 Å². The first-order valence-corrected chi connectivity index (χ1v) is 25.6. The van der Waals surface area contributed by atoms with Crippen LogP contribution in [0.3, 0.4) is 0 Å². The number of aryl methyl sites for hydroxylation is 1. The van der Waals surface area contributed by atoms with Crippen LogP contribution in [0.15, 0.2) is 312 Å². The zero-order valence-corrected chi connectivity index (χ0v) is 37.9. The van der Waals surface area contributed by atoms with E-state index in [1.807, 2.05) is 0 Å². The Morgan fingerprint density at radius 2 is 0.400 bits per heavy atom. The van der Waals surface area contributed by atoms with Crippen molar-refractivity contribution in [2.24, 2.45) is 0 Å². The summed E-state index contributed by atoms with van der Waals surface area (Å²) >= 11 is 0. The molecule has 0 nitrogen and oxygen atoms in total. The van der Waals surface area contributed by atoms with Gasteiger partial charge in [-0.2, -0.15) is 0 Å². The minimum absolute atomic E-state index is 1.21. The highest BCUT2D eigenvalue weighted by atomic mass is 32.3. The van der Waals surface area contributed by atoms with Gasteiger partial charge in [0.25, 0.3) is 0 Å². The highest BCUT2D eigenvalue weighted by Crippen LogP contribution is 2.74.